The average Bonchev–Trinajstić information content (AvgIpc) is 2.27. The maximum Gasteiger partial charge on any atom is 0.254 e. The first-order chi connectivity index (χ1) is 8.36. The molecule has 18 heavy (non-hydrogen) atoms. The van der Waals surface area contributed by atoms with Gasteiger partial charge < -0.3 is 5.32 Å². The summed E-state index contributed by atoms with van der Waals surface area (Å²) in [5, 5.41) is 3.66. The van der Waals surface area contributed by atoms with E-state index in [1.807, 2.05) is 20.8 Å². The SMILES string of the molecule is CC(C)(C)C(CCBr)NC(=O)c1ccncc1F. The first-order valence-corrected chi connectivity index (χ1v) is 6.94. The highest BCUT2D eigenvalue weighted by Crippen LogP contribution is 2.23. The van der Waals surface area contributed by atoms with Crippen LogP contribution >= 0.6 is 15.9 Å². The summed E-state index contributed by atoms with van der Waals surface area (Å²) in [5.74, 6) is -0.989. The van der Waals surface area contributed by atoms with Gasteiger partial charge in [0.1, 0.15) is 0 Å². The number of hydrogen-bond donors (Lipinski definition) is 1. The molecule has 1 heterocycles. The molecule has 0 saturated heterocycles. The van der Waals surface area contributed by atoms with Gasteiger partial charge in [-0.2, -0.15) is 0 Å². The van der Waals surface area contributed by atoms with Crippen LogP contribution in [0.25, 0.3) is 0 Å². The number of carbonyl (C=O) groups excluding carboxylic acids is 1. The van der Waals surface area contributed by atoms with E-state index in [1.165, 1.54) is 12.3 Å². The monoisotopic (exact) mass is 316 g/mol. The van der Waals surface area contributed by atoms with Crippen LogP contribution in [0.1, 0.15) is 37.6 Å². The van der Waals surface area contributed by atoms with Gasteiger partial charge in [-0.1, -0.05) is 36.7 Å². The summed E-state index contributed by atoms with van der Waals surface area (Å²) in [6.45, 7) is 6.14. The van der Waals surface area contributed by atoms with Crippen LogP contribution in [0.15, 0.2) is 18.5 Å². The highest BCUT2D eigenvalue weighted by atomic mass is 79.9. The fourth-order valence-corrected chi connectivity index (χ4v) is 2.08. The Hall–Kier alpha value is -0.970. The Bertz CT molecular complexity index is 418. The van der Waals surface area contributed by atoms with Gasteiger partial charge in [-0.25, -0.2) is 4.39 Å². The van der Waals surface area contributed by atoms with Crippen LogP contribution in [0.2, 0.25) is 0 Å². The maximum atomic E-state index is 13.4. The molecule has 5 heteroatoms. The minimum Gasteiger partial charge on any atom is -0.349 e. The van der Waals surface area contributed by atoms with Crippen molar-refractivity contribution in [2.24, 2.45) is 5.41 Å². The Morgan fingerprint density at radius 2 is 2.22 bits per heavy atom. The summed E-state index contributed by atoms with van der Waals surface area (Å²) in [6, 6.07) is 1.37. The van der Waals surface area contributed by atoms with Crippen molar-refractivity contribution in [2.45, 2.75) is 33.2 Å². The number of rotatable bonds is 4. The van der Waals surface area contributed by atoms with Crippen molar-refractivity contribution in [3.8, 4) is 0 Å². The van der Waals surface area contributed by atoms with Gasteiger partial charge >= 0.3 is 0 Å². The van der Waals surface area contributed by atoms with Crippen molar-refractivity contribution < 1.29 is 9.18 Å². The van der Waals surface area contributed by atoms with Gasteiger partial charge in [0.15, 0.2) is 5.82 Å². The predicted octanol–water partition coefficient (Wildman–Crippen LogP) is 3.15. The van der Waals surface area contributed by atoms with E-state index >= 15 is 0 Å². The molecular weight excluding hydrogens is 299 g/mol. The van der Waals surface area contributed by atoms with E-state index in [0.29, 0.717) is 0 Å². The number of halogens is 2. The van der Waals surface area contributed by atoms with E-state index in [0.717, 1.165) is 17.9 Å². The molecular formula is C13H18BrFN2O. The van der Waals surface area contributed by atoms with Crippen LogP contribution in [-0.2, 0) is 0 Å². The fourth-order valence-electron chi connectivity index (χ4n) is 1.63. The molecule has 0 saturated carbocycles. The van der Waals surface area contributed by atoms with Crippen molar-refractivity contribution in [3.05, 3.63) is 29.8 Å². The lowest BCUT2D eigenvalue weighted by molar-refractivity contribution is 0.0896. The van der Waals surface area contributed by atoms with Crippen LogP contribution in [0, 0.1) is 11.2 Å². The lowest BCUT2D eigenvalue weighted by Crippen LogP contribution is -2.44. The highest BCUT2D eigenvalue weighted by molar-refractivity contribution is 9.09. The molecule has 0 fully saturated rings. The molecule has 1 N–H and O–H groups in total. The Morgan fingerprint density at radius 3 is 2.72 bits per heavy atom. The molecule has 1 aromatic rings. The van der Waals surface area contributed by atoms with Crippen LogP contribution in [0.4, 0.5) is 4.39 Å². The van der Waals surface area contributed by atoms with Crippen LogP contribution in [0.5, 0.6) is 0 Å². The molecule has 1 aromatic heterocycles. The zero-order valence-corrected chi connectivity index (χ0v) is 12.4. The molecule has 0 aliphatic carbocycles. The molecule has 1 atom stereocenters. The molecule has 1 amide bonds. The maximum absolute atomic E-state index is 13.4. The van der Waals surface area contributed by atoms with Crippen molar-refractivity contribution in [1.82, 2.24) is 10.3 Å². The van der Waals surface area contributed by atoms with Gasteiger partial charge in [-0.15, -0.1) is 0 Å². The molecule has 0 spiro atoms. The summed E-state index contributed by atoms with van der Waals surface area (Å²) in [7, 11) is 0. The number of nitrogens with zero attached hydrogens (tertiary/aromatic N) is 1. The summed E-state index contributed by atoms with van der Waals surface area (Å²) in [6.07, 6.45) is 3.25. The Kier molecular flexibility index (Phi) is 5.26. The second-order valence-corrected chi connectivity index (χ2v) is 6.02. The number of alkyl halides is 1. The summed E-state index contributed by atoms with van der Waals surface area (Å²) >= 11 is 3.37. The number of aromatic nitrogens is 1. The molecule has 1 rings (SSSR count). The minimum atomic E-state index is -0.596. The van der Waals surface area contributed by atoms with Gasteiger partial charge in [0.05, 0.1) is 11.8 Å². The molecule has 0 bridgehead atoms. The second kappa shape index (κ2) is 6.27. The molecule has 1 unspecified atom stereocenters. The van der Waals surface area contributed by atoms with Gasteiger partial charge in [0.2, 0.25) is 0 Å². The minimum absolute atomic E-state index is 0.0167. The van der Waals surface area contributed by atoms with E-state index in [1.54, 1.807) is 0 Å². The predicted molar refractivity (Wildman–Crippen MR) is 73.3 cm³/mol. The standard InChI is InChI=1S/C13H18BrFN2O/c1-13(2,3)11(4-6-14)17-12(18)9-5-7-16-8-10(9)15/h5,7-8,11H,4,6H2,1-3H3,(H,17,18). The van der Waals surface area contributed by atoms with E-state index in [9.17, 15) is 9.18 Å². The van der Waals surface area contributed by atoms with Gasteiger partial charge in [-0.05, 0) is 17.9 Å². The quantitative estimate of drug-likeness (QED) is 0.867. The zero-order chi connectivity index (χ0) is 13.8. The number of amides is 1. The van der Waals surface area contributed by atoms with E-state index < -0.39 is 11.7 Å². The zero-order valence-electron chi connectivity index (χ0n) is 10.8. The third-order valence-corrected chi connectivity index (χ3v) is 3.22. The van der Waals surface area contributed by atoms with Crippen molar-refractivity contribution in [3.63, 3.8) is 0 Å². The summed E-state index contributed by atoms with van der Waals surface area (Å²) in [5.41, 5.74) is -0.0405. The van der Waals surface area contributed by atoms with Gasteiger partial charge in [0.25, 0.3) is 5.91 Å². The van der Waals surface area contributed by atoms with E-state index in [2.05, 4.69) is 26.2 Å². The number of pyridine rings is 1. The molecule has 3 nitrogen and oxygen atoms in total. The van der Waals surface area contributed by atoms with Crippen LogP contribution in [-0.4, -0.2) is 22.3 Å². The average molecular weight is 317 g/mol. The topological polar surface area (TPSA) is 42.0 Å². The lowest BCUT2D eigenvalue weighted by atomic mass is 9.85. The molecule has 0 aliphatic rings. The molecule has 0 aliphatic heterocycles. The van der Waals surface area contributed by atoms with Crippen LogP contribution in [0.3, 0.4) is 0 Å². The fraction of sp³-hybridized carbons (Fsp3) is 0.538. The van der Waals surface area contributed by atoms with Crippen molar-refractivity contribution in [1.29, 1.82) is 0 Å². The van der Waals surface area contributed by atoms with Gasteiger partial charge in [-0.3, -0.25) is 9.78 Å². The van der Waals surface area contributed by atoms with E-state index in [-0.39, 0.29) is 17.0 Å². The van der Waals surface area contributed by atoms with Crippen molar-refractivity contribution >= 4 is 21.8 Å². The highest BCUT2D eigenvalue weighted by Gasteiger charge is 2.26. The summed E-state index contributed by atoms with van der Waals surface area (Å²) in [4.78, 5) is 15.6. The normalized spacial score (nSPS) is 13.2. The molecule has 0 aromatic carbocycles. The largest absolute Gasteiger partial charge is 0.349 e. The van der Waals surface area contributed by atoms with E-state index in [4.69, 9.17) is 0 Å². The first-order valence-electron chi connectivity index (χ1n) is 5.82. The summed E-state index contributed by atoms with van der Waals surface area (Å²) < 4.78 is 13.4. The smallest absolute Gasteiger partial charge is 0.254 e. The lowest BCUT2D eigenvalue weighted by Gasteiger charge is -2.31. The number of carbonyl (C=O) groups is 1. The molecule has 100 valence electrons. The number of hydrogen-bond acceptors (Lipinski definition) is 2. The Balaban J connectivity index is 2.82. The van der Waals surface area contributed by atoms with Gasteiger partial charge in [0, 0.05) is 17.6 Å². The van der Waals surface area contributed by atoms with Crippen LogP contribution < -0.4 is 5.32 Å². The third kappa shape index (κ3) is 4.05. The Morgan fingerprint density at radius 1 is 1.56 bits per heavy atom. The Labute approximate surface area is 115 Å². The first kappa shape index (κ1) is 15.1. The molecule has 0 radical (unpaired) electrons. The van der Waals surface area contributed by atoms with Crippen molar-refractivity contribution in [2.75, 3.05) is 5.33 Å². The number of nitrogens with one attached hydrogen (secondary N) is 1. The third-order valence-electron chi connectivity index (χ3n) is 2.77. The second-order valence-electron chi connectivity index (χ2n) is 5.23.